The zero-order valence-corrected chi connectivity index (χ0v) is 16.7. The maximum atomic E-state index is 14.2. The van der Waals surface area contributed by atoms with Crippen molar-refractivity contribution in [2.24, 2.45) is 13.0 Å². The molecule has 154 valence electrons. The number of aromatic nitrogens is 2. The molecule has 3 rings (SSSR count). The number of nitrogens with one attached hydrogen (secondary N) is 1. The molecule has 1 aromatic carbocycles. The van der Waals surface area contributed by atoms with Gasteiger partial charge in [0.05, 0.1) is 15.6 Å². The molecule has 2 unspecified atom stereocenters. The molecule has 0 bridgehead atoms. The van der Waals surface area contributed by atoms with Crippen LogP contribution in [0.4, 0.5) is 17.6 Å². The lowest BCUT2D eigenvalue weighted by molar-refractivity contribution is -0.141. The van der Waals surface area contributed by atoms with E-state index in [2.05, 4.69) is 10.4 Å². The highest BCUT2D eigenvalue weighted by atomic mass is 35.5. The average Bonchev–Trinajstić information content (AvgIpc) is 3.03. The van der Waals surface area contributed by atoms with E-state index in [-0.39, 0.29) is 10.7 Å². The number of allylic oxidation sites excluding steroid dienone is 4. The molecular weight excluding hydrogens is 433 g/mol. The molecule has 2 atom stereocenters. The summed E-state index contributed by atoms with van der Waals surface area (Å²) >= 11 is 12.0. The minimum Gasteiger partial charge on any atom is -0.325 e. The van der Waals surface area contributed by atoms with Crippen molar-refractivity contribution in [2.45, 2.75) is 19.0 Å². The molecule has 0 aliphatic heterocycles. The smallest absolute Gasteiger partial charge is 0.325 e. The van der Waals surface area contributed by atoms with Gasteiger partial charge in [0.1, 0.15) is 5.83 Å². The van der Waals surface area contributed by atoms with Crippen molar-refractivity contribution in [2.75, 3.05) is 0 Å². The van der Waals surface area contributed by atoms with Crippen LogP contribution in [0.25, 0.3) is 0 Å². The van der Waals surface area contributed by atoms with Gasteiger partial charge < -0.3 is 5.32 Å². The summed E-state index contributed by atoms with van der Waals surface area (Å²) in [6.45, 7) is 1.60. The van der Waals surface area contributed by atoms with Gasteiger partial charge in [-0.25, -0.2) is 4.39 Å². The number of nitrogens with zero attached hydrogens (tertiary/aromatic N) is 2. The number of rotatable bonds is 3. The summed E-state index contributed by atoms with van der Waals surface area (Å²) in [6.07, 6.45) is -1.32. The second kappa shape index (κ2) is 7.84. The maximum absolute atomic E-state index is 14.2. The van der Waals surface area contributed by atoms with E-state index in [4.69, 9.17) is 23.2 Å². The lowest BCUT2D eigenvalue weighted by Gasteiger charge is -2.29. The Morgan fingerprint density at radius 2 is 1.90 bits per heavy atom. The highest BCUT2D eigenvalue weighted by Crippen LogP contribution is 2.40. The molecule has 1 heterocycles. The van der Waals surface area contributed by atoms with Crippen LogP contribution in [-0.2, 0) is 13.2 Å². The van der Waals surface area contributed by atoms with Crippen LogP contribution in [0.1, 0.15) is 34.5 Å². The van der Waals surface area contributed by atoms with Gasteiger partial charge >= 0.3 is 6.18 Å². The molecule has 1 amide bonds. The van der Waals surface area contributed by atoms with Crippen LogP contribution in [-0.4, -0.2) is 15.7 Å². The third-order valence-corrected chi connectivity index (χ3v) is 5.33. The molecular formula is C19H15Cl2F4N3O. The molecule has 0 radical (unpaired) electrons. The first-order valence-electron chi connectivity index (χ1n) is 8.43. The van der Waals surface area contributed by atoms with Crippen molar-refractivity contribution >= 4 is 29.1 Å². The van der Waals surface area contributed by atoms with Gasteiger partial charge in [0.15, 0.2) is 5.69 Å². The van der Waals surface area contributed by atoms with Crippen molar-refractivity contribution in [1.29, 1.82) is 0 Å². The van der Waals surface area contributed by atoms with Crippen molar-refractivity contribution in [3.8, 4) is 0 Å². The number of carbonyl (C=O) groups excluding carboxylic acids is 1. The lowest BCUT2D eigenvalue weighted by Crippen LogP contribution is -2.31. The molecule has 0 saturated heterocycles. The van der Waals surface area contributed by atoms with E-state index in [0.717, 1.165) is 10.9 Å². The standard InChI is InChI=1S/C19H15Cl2F4N3O/c1-9-14(22)5-6-15(16(9)10-3-4-12(20)13(21)7-10)26-18(29)11-8-28(2)27-17(11)19(23,24)25/h3-9,16H,1-2H3,(H,26,29). The third kappa shape index (κ3) is 4.33. The van der Waals surface area contributed by atoms with Gasteiger partial charge in [-0.3, -0.25) is 9.48 Å². The van der Waals surface area contributed by atoms with Crippen LogP contribution in [0, 0.1) is 5.92 Å². The van der Waals surface area contributed by atoms with E-state index in [0.29, 0.717) is 10.6 Å². The lowest BCUT2D eigenvalue weighted by atomic mass is 9.81. The molecule has 1 aromatic heterocycles. The number of halogens is 6. The third-order valence-electron chi connectivity index (χ3n) is 4.59. The second-order valence-corrected chi connectivity index (χ2v) is 7.44. The van der Waals surface area contributed by atoms with Crippen molar-refractivity contribution < 1.29 is 22.4 Å². The monoisotopic (exact) mass is 447 g/mol. The SMILES string of the molecule is CC1C(F)=CC=C(NC(=O)c2cn(C)nc2C(F)(F)F)C1c1ccc(Cl)c(Cl)c1. The number of alkyl halides is 3. The predicted molar refractivity (Wildman–Crippen MR) is 101 cm³/mol. The molecule has 1 N–H and O–H groups in total. The van der Waals surface area contributed by atoms with E-state index in [1.807, 2.05) is 0 Å². The quantitative estimate of drug-likeness (QED) is 0.618. The Kier molecular flexibility index (Phi) is 5.78. The molecule has 2 aromatic rings. The highest BCUT2D eigenvalue weighted by Gasteiger charge is 2.39. The Morgan fingerprint density at radius 3 is 2.52 bits per heavy atom. The van der Waals surface area contributed by atoms with Gasteiger partial charge in [0.2, 0.25) is 0 Å². The number of aryl methyl sites for hydroxylation is 1. The summed E-state index contributed by atoms with van der Waals surface area (Å²) < 4.78 is 54.7. The molecule has 1 aliphatic carbocycles. The van der Waals surface area contributed by atoms with Crippen LogP contribution in [0.2, 0.25) is 10.0 Å². The second-order valence-electron chi connectivity index (χ2n) is 6.63. The summed E-state index contributed by atoms with van der Waals surface area (Å²) in [6, 6.07) is 4.69. The average molecular weight is 448 g/mol. The molecule has 4 nitrogen and oxygen atoms in total. The number of benzene rings is 1. The van der Waals surface area contributed by atoms with Crippen LogP contribution in [0.15, 0.2) is 48.1 Å². The normalized spacial score (nSPS) is 19.6. The highest BCUT2D eigenvalue weighted by molar-refractivity contribution is 6.42. The topological polar surface area (TPSA) is 46.9 Å². The zero-order chi connectivity index (χ0) is 21.5. The molecule has 0 saturated carbocycles. The molecule has 0 spiro atoms. The zero-order valence-electron chi connectivity index (χ0n) is 15.2. The van der Waals surface area contributed by atoms with Gasteiger partial charge in [0.25, 0.3) is 5.91 Å². The van der Waals surface area contributed by atoms with E-state index in [1.54, 1.807) is 13.0 Å². The van der Waals surface area contributed by atoms with E-state index >= 15 is 0 Å². The fourth-order valence-electron chi connectivity index (χ4n) is 3.21. The molecule has 1 aliphatic rings. The first kappa shape index (κ1) is 21.4. The van der Waals surface area contributed by atoms with Gasteiger partial charge in [-0.05, 0) is 29.8 Å². The van der Waals surface area contributed by atoms with Gasteiger partial charge in [-0.2, -0.15) is 18.3 Å². The van der Waals surface area contributed by atoms with E-state index < -0.39 is 41.0 Å². The Balaban J connectivity index is 1.98. The molecule has 0 fully saturated rings. The fraction of sp³-hybridized carbons (Fsp3) is 0.263. The minimum atomic E-state index is -4.79. The van der Waals surface area contributed by atoms with Gasteiger partial charge in [0, 0.05) is 30.8 Å². The van der Waals surface area contributed by atoms with Crippen LogP contribution in [0.5, 0.6) is 0 Å². The van der Waals surface area contributed by atoms with Crippen molar-refractivity contribution in [3.05, 3.63) is 74.9 Å². The number of hydrogen-bond donors (Lipinski definition) is 1. The first-order chi connectivity index (χ1) is 13.5. The molecule has 29 heavy (non-hydrogen) atoms. The van der Waals surface area contributed by atoms with Crippen LogP contribution >= 0.6 is 23.2 Å². The fourth-order valence-corrected chi connectivity index (χ4v) is 3.52. The van der Waals surface area contributed by atoms with E-state index in [9.17, 15) is 22.4 Å². The minimum absolute atomic E-state index is 0.235. The Morgan fingerprint density at radius 1 is 1.21 bits per heavy atom. The first-order valence-corrected chi connectivity index (χ1v) is 9.19. The van der Waals surface area contributed by atoms with E-state index in [1.165, 1.54) is 31.3 Å². The largest absolute Gasteiger partial charge is 0.435 e. The Hall–Kier alpha value is -2.32. The van der Waals surface area contributed by atoms with Crippen molar-refractivity contribution in [3.63, 3.8) is 0 Å². The van der Waals surface area contributed by atoms with Crippen LogP contribution < -0.4 is 5.32 Å². The van der Waals surface area contributed by atoms with Gasteiger partial charge in [-0.1, -0.05) is 36.2 Å². The summed E-state index contributed by atoms with van der Waals surface area (Å²) in [5.74, 6) is -2.78. The summed E-state index contributed by atoms with van der Waals surface area (Å²) in [7, 11) is 1.28. The predicted octanol–water partition coefficient (Wildman–Crippen LogP) is 5.65. The summed E-state index contributed by atoms with van der Waals surface area (Å²) in [5, 5.41) is 6.35. The van der Waals surface area contributed by atoms with Crippen LogP contribution in [0.3, 0.4) is 0 Å². The Bertz CT molecular complexity index is 1030. The maximum Gasteiger partial charge on any atom is 0.435 e. The number of amides is 1. The van der Waals surface area contributed by atoms with Crippen molar-refractivity contribution in [1.82, 2.24) is 15.1 Å². The summed E-state index contributed by atoms with van der Waals surface area (Å²) in [5.41, 5.74) is -1.13. The Labute approximate surface area is 173 Å². The number of hydrogen-bond acceptors (Lipinski definition) is 2. The van der Waals surface area contributed by atoms with Gasteiger partial charge in [-0.15, -0.1) is 0 Å². The summed E-state index contributed by atoms with van der Waals surface area (Å²) in [4.78, 5) is 12.6. The number of carbonyl (C=O) groups is 1. The molecule has 10 heteroatoms.